The van der Waals surface area contributed by atoms with Gasteiger partial charge in [0.15, 0.2) is 5.65 Å². The van der Waals surface area contributed by atoms with Crippen LogP contribution in [0.1, 0.15) is 53.3 Å². The van der Waals surface area contributed by atoms with E-state index >= 15 is 0 Å². The lowest BCUT2D eigenvalue weighted by Gasteiger charge is -2.34. The minimum absolute atomic E-state index is 0.0146. The molecule has 5 rings (SSSR count). The van der Waals surface area contributed by atoms with Gasteiger partial charge >= 0.3 is 0 Å². The SMILES string of the molecule is Cc1cn2nc([C@@H]3CCCCN3C(=O)c3cccnc3)cc2nc1N1CC[C@H](N)C1. The molecular weight excluding hydrogens is 378 g/mol. The fourth-order valence-corrected chi connectivity index (χ4v) is 4.62. The zero-order valence-corrected chi connectivity index (χ0v) is 17.2. The second kappa shape index (κ2) is 7.68. The summed E-state index contributed by atoms with van der Waals surface area (Å²) >= 11 is 0. The second-order valence-electron chi connectivity index (χ2n) is 8.37. The van der Waals surface area contributed by atoms with E-state index in [-0.39, 0.29) is 18.0 Å². The largest absolute Gasteiger partial charge is 0.355 e. The van der Waals surface area contributed by atoms with Gasteiger partial charge in [0.1, 0.15) is 5.82 Å². The van der Waals surface area contributed by atoms with Crippen molar-refractivity contribution in [3.8, 4) is 0 Å². The minimum Gasteiger partial charge on any atom is -0.355 e. The molecule has 1 amide bonds. The molecule has 0 radical (unpaired) electrons. The number of nitrogens with two attached hydrogens (primary N) is 1. The van der Waals surface area contributed by atoms with E-state index in [0.717, 1.165) is 68.0 Å². The molecule has 0 unspecified atom stereocenters. The van der Waals surface area contributed by atoms with E-state index in [1.807, 2.05) is 27.7 Å². The van der Waals surface area contributed by atoms with Crippen molar-refractivity contribution in [2.24, 2.45) is 5.73 Å². The fraction of sp³-hybridized carbons (Fsp3) is 0.455. The highest BCUT2D eigenvalue weighted by Gasteiger charge is 2.31. The maximum atomic E-state index is 13.1. The molecule has 0 aromatic carbocycles. The molecule has 0 aliphatic carbocycles. The van der Waals surface area contributed by atoms with Gasteiger partial charge in [-0.1, -0.05) is 0 Å². The molecule has 8 nitrogen and oxygen atoms in total. The molecule has 5 heterocycles. The van der Waals surface area contributed by atoms with Crippen molar-refractivity contribution in [3.63, 3.8) is 0 Å². The molecule has 2 fully saturated rings. The molecule has 0 saturated carbocycles. The normalized spacial score (nSPS) is 22.1. The molecule has 0 bridgehead atoms. The number of hydrogen-bond acceptors (Lipinski definition) is 6. The Kier molecular flexibility index (Phi) is 4.86. The smallest absolute Gasteiger partial charge is 0.255 e. The molecule has 2 aliphatic rings. The van der Waals surface area contributed by atoms with Crippen LogP contribution in [0.5, 0.6) is 0 Å². The zero-order valence-electron chi connectivity index (χ0n) is 17.2. The van der Waals surface area contributed by atoms with E-state index in [4.69, 9.17) is 15.8 Å². The summed E-state index contributed by atoms with van der Waals surface area (Å²) in [6, 6.07) is 5.81. The third-order valence-electron chi connectivity index (χ3n) is 6.16. The van der Waals surface area contributed by atoms with E-state index in [9.17, 15) is 4.79 Å². The Balaban J connectivity index is 1.47. The van der Waals surface area contributed by atoms with Crippen LogP contribution in [0.15, 0.2) is 36.8 Å². The highest BCUT2D eigenvalue weighted by Crippen LogP contribution is 2.32. The highest BCUT2D eigenvalue weighted by molar-refractivity contribution is 5.94. The Labute approximate surface area is 175 Å². The summed E-state index contributed by atoms with van der Waals surface area (Å²) < 4.78 is 1.84. The van der Waals surface area contributed by atoms with Crippen LogP contribution in [-0.2, 0) is 0 Å². The third kappa shape index (κ3) is 3.41. The number of fused-ring (bicyclic) bond motifs is 1. The minimum atomic E-state index is -0.0443. The first-order valence-electron chi connectivity index (χ1n) is 10.7. The van der Waals surface area contributed by atoms with Gasteiger partial charge in [-0.3, -0.25) is 9.78 Å². The van der Waals surface area contributed by atoms with Gasteiger partial charge in [-0.2, -0.15) is 5.10 Å². The number of aromatic nitrogens is 4. The first-order valence-corrected chi connectivity index (χ1v) is 10.7. The van der Waals surface area contributed by atoms with Crippen LogP contribution in [-0.4, -0.2) is 56.1 Å². The number of piperidine rings is 1. The molecule has 2 N–H and O–H groups in total. The zero-order chi connectivity index (χ0) is 20.7. The number of pyridine rings is 1. The van der Waals surface area contributed by atoms with Crippen LogP contribution in [0.2, 0.25) is 0 Å². The van der Waals surface area contributed by atoms with Gasteiger partial charge in [-0.05, 0) is 44.7 Å². The maximum Gasteiger partial charge on any atom is 0.255 e. The summed E-state index contributed by atoms with van der Waals surface area (Å²) in [7, 11) is 0. The van der Waals surface area contributed by atoms with Gasteiger partial charge < -0.3 is 15.5 Å². The number of hydrogen-bond donors (Lipinski definition) is 1. The number of amides is 1. The second-order valence-corrected chi connectivity index (χ2v) is 8.37. The molecule has 3 aromatic heterocycles. The predicted molar refractivity (Wildman–Crippen MR) is 114 cm³/mol. The van der Waals surface area contributed by atoms with Crippen molar-refractivity contribution in [2.45, 2.75) is 44.7 Å². The van der Waals surface area contributed by atoms with E-state index < -0.39 is 0 Å². The van der Waals surface area contributed by atoms with Crippen LogP contribution in [0.25, 0.3) is 5.65 Å². The molecule has 156 valence electrons. The molecule has 3 aromatic rings. The number of carbonyl (C=O) groups is 1. The van der Waals surface area contributed by atoms with Crippen molar-refractivity contribution in [1.82, 2.24) is 24.5 Å². The first kappa shape index (κ1) is 19.0. The molecular formula is C22H27N7O. The number of rotatable bonds is 3. The Morgan fingerprint density at radius 2 is 2.13 bits per heavy atom. The fourth-order valence-electron chi connectivity index (χ4n) is 4.62. The van der Waals surface area contributed by atoms with E-state index in [1.54, 1.807) is 18.5 Å². The van der Waals surface area contributed by atoms with E-state index in [1.165, 1.54) is 0 Å². The number of carbonyl (C=O) groups excluding carboxylic acids is 1. The Morgan fingerprint density at radius 1 is 1.23 bits per heavy atom. The van der Waals surface area contributed by atoms with Gasteiger partial charge in [0.25, 0.3) is 5.91 Å². The maximum absolute atomic E-state index is 13.1. The van der Waals surface area contributed by atoms with Gasteiger partial charge in [0.2, 0.25) is 0 Å². The summed E-state index contributed by atoms with van der Waals surface area (Å²) in [6.07, 6.45) is 9.33. The monoisotopic (exact) mass is 405 g/mol. The number of likely N-dealkylation sites (tertiary alicyclic amines) is 1. The average molecular weight is 406 g/mol. The van der Waals surface area contributed by atoms with E-state index in [2.05, 4.69) is 16.8 Å². The number of aryl methyl sites for hydroxylation is 1. The summed E-state index contributed by atoms with van der Waals surface area (Å²) in [5.41, 5.74) is 9.50. The number of anilines is 1. The summed E-state index contributed by atoms with van der Waals surface area (Å²) in [5, 5.41) is 4.81. The molecule has 2 saturated heterocycles. The lowest BCUT2D eigenvalue weighted by molar-refractivity contribution is 0.0605. The van der Waals surface area contributed by atoms with Crippen molar-refractivity contribution < 1.29 is 4.79 Å². The summed E-state index contributed by atoms with van der Waals surface area (Å²) in [5.74, 6) is 0.995. The standard InChI is InChI=1S/C22H27N7O/c1-15-13-29-20(25-21(15)27-10-7-17(23)14-27)11-18(26-29)19-6-2-3-9-28(19)22(30)16-5-4-8-24-12-16/h4-5,8,11-13,17,19H,2-3,6-7,9-10,14,23H2,1H3/t17-,19-/m0/s1. The van der Waals surface area contributed by atoms with Gasteiger partial charge in [-0.15, -0.1) is 0 Å². The lowest BCUT2D eigenvalue weighted by atomic mass is 9.98. The molecule has 30 heavy (non-hydrogen) atoms. The van der Waals surface area contributed by atoms with E-state index in [0.29, 0.717) is 5.56 Å². The first-order chi connectivity index (χ1) is 14.6. The molecule has 2 atom stereocenters. The topological polar surface area (TPSA) is 92.6 Å². The van der Waals surface area contributed by atoms with Crippen LogP contribution in [0.3, 0.4) is 0 Å². The van der Waals surface area contributed by atoms with Crippen molar-refractivity contribution in [1.29, 1.82) is 0 Å². The predicted octanol–water partition coefficient (Wildman–Crippen LogP) is 2.34. The van der Waals surface area contributed by atoms with Crippen LogP contribution < -0.4 is 10.6 Å². The quantitative estimate of drug-likeness (QED) is 0.719. The van der Waals surface area contributed by atoms with Crippen molar-refractivity contribution in [3.05, 3.63) is 53.6 Å². The van der Waals surface area contributed by atoms with Crippen molar-refractivity contribution in [2.75, 3.05) is 24.5 Å². The van der Waals surface area contributed by atoms with Gasteiger partial charge in [0.05, 0.1) is 17.3 Å². The Morgan fingerprint density at radius 3 is 2.90 bits per heavy atom. The Hall–Kier alpha value is -3.00. The van der Waals surface area contributed by atoms with Crippen molar-refractivity contribution >= 4 is 17.4 Å². The van der Waals surface area contributed by atoms with Crippen LogP contribution in [0.4, 0.5) is 5.82 Å². The highest BCUT2D eigenvalue weighted by atomic mass is 16.2. The summed E-state index contributed by atoms with van der Waals surface area (Å²) in [6.45, 7) is 4.56. The van der Waals surface area contributed by atoms with Gasteiger partial charge in [0, 0.05) is 55.9 Å². The Bertz CT molecular complexity index is 1060. The summed E-state index contributed by atoms with van der Waals surface area (Å²) in [4.78, 5) is 26.3. The van der Waals surface area contributed by atoms with Crippen LogP contribution in [0, 0.1) is 6.92 Å². The van der Waals surface area contributed by atoms with Crippen LogP contribution >= 0.6 is 0 Å². The molecule has 0 spiro atoms. The number of nitrogens with zero attached hydrogens (tertiary/aromatic N) is 6. The molecule has 2 aliphatic heterocycles. The van der Waals surface area contributed by atoms with Gasteiger partial charge in [-0.25, -0.2) is 9.50 Å². The average Bonchev–Trinajstić information content (AvgIpc) is 3.39. The third-order valence-corrected chi connectivity index (χ3v) is 6.16. The lowest BCUT2D eigenvalue weighted by Crippen LogP contribution is -2.38. The molecule has 8 heteroatoms.